The Morgan fingerprint density at radius 1 is 1.36 bits per heavy atom. The monoisotopic (exact) mass is 413 g/mol. The van der Waals surface area contributed by atoms with Crippen molar-refractivity contribution in [1.82, 2.24) is 15.6 Å². The van der Waals surface area contributed by atoms with Crippen molar-refractivity contribution in [2.75, 3.05) is 13.1 Å². The number of alkyl carbamates (subject to hydrolysis) is 1. The molecule has 1 aromatic heterocycles. The smallest absolute Gasteiger partial charge is 0.408 e. The number of halogens is 1. The summed E-state index contributed by atoms with van der Waals surface area (Å²) in [5.74, 6) is -0.363. The molecule has 0 saturated heterocycles. The lowest BCUT2D eigenvalue weighted by Crippen LogP contribution is -2.46. The average molecular weight is 414 g/mol. The van der Waals surface area contributed by atoms with Crippen LogP contribution in [0.5, 0.6) is 0 Å². The Bertz CT molecular complexity index is 599. The van der Waals surface area contributed by atoms with Gasteiger partial charge in [-0.2, -0.15) is 0 Å². The van der Waals surface area contributed by atoms with E-state index in [4.69, 9.17) is 4.74 Å². The predicted molar refractivity (Wildman–Crippen MR) is 97.5 cm³/mol. The van der Waals surface area contributed by atoms with Crippen molar-refractivity contribution in [2.45, 2.75) is 39.3 Å². The third kappa shape index (κ3) is 8.22. The summed E-state index contributed by atoms with van der Waals surface area (Å²) in [7, 11) is 0. The number of hydrogen-bond donors (Lipinski definition) is 2. The highest BCUT2D eigenvalue weighted by atomic mass is 79.9. The molecule has 0 fully saturated rings. The van der Waals surface area contributed by atoms with Crippen molar-refractivity contribution < 1.29 is 19.1 Å². The molecule has 0 bridgehead atoms. The van der Waals surface area contributed by atoms with Gasteiger partial charge in [0, 0.05) is 17.2 Å². The van der Waals surface area contributed by atoms with Gasteiger partial charge in [-0.3, -0.25) is 9.78 Å². The van der Waals surface area contributed by atoms with Crippen molar-refractivity contribution in [3.05, 3.63) is 28.5 Å². The second-order valence-electron chi connectivity index (χ2n) is 6.70. The minimum Gasteiger partial charge on any atom is -0.444 e. The summed E-state index contributed by atoms with van der Waals surface area (Å²) in [4.78, 5) is 39.0. The highest BCUT2D eigenvalue weighted by Crippen LogP contribution is 2.09. The molecule has 1 amide bonds. The average Bonchev–Trinajstić information content (AvgIpc) is 2.51. The first-order valence-corrected chi connectivity index (χ1v) is 8.72. The van der Waals surface area contributed by atoms with Crippen molar-refractivity contribution in [2.24, 2.45) is 5.92 Å². The molecule has 0 saturated carbocycles. The van der Waals surface area contributed by atoms with E-state index in [-0.39, 0.29) is 18.2 Å². The summed E-state index contributed by atoms with van der Waals surface area (Å²) in [5, 5.41) is 5.51. The van der Waals surface area contributed by atoms with Crippen LogP contribution in [-0.4, -0.2) is 47.9 Å². The first-order valence-electron chi connectivity index (χ1n) is 7.92. The molecule has 7 nitrogen and oxygen atoms in total. The van der Waals surface area contributed by atoms with Gasteiger partial charge in [-0.25, -0.2) is 4.79 Å². The van der Waals surface area contributed by atoms with Gasteiger partial charge in [-0.15, -0.1) is 0 Å². The Morgan fingerprint density at radius 2 is 2.04 bits per heavy atom. The van der Waals surface area contributed by atoms with Crippen molar-refractivity contribution >= 4 is 34.1 Å². The number of aromatic nitrogens is 1. The molecule has 2 atom stereocenters. The number of amides is 1. The Morgan fingerprint density at radius 3 is 2.56 bits per heavy atom. The number of nitrogens with zero attached hydrogens (tertiary/aromatic N) is 1. The van der Waals surface area contributed by atoms with Crippen molar-refractivity contribution in [3.8, 4) is 0 Å². The Hall–Kier alpha value is -1.80. The number of ketones is 1. The number of aldehydes is 1. The zero-order chi connectivity index (χ0) is 19.0. The molecule has 0 aliphatic rings. The van der Waals surface area contributed by atoms with Gasteiger partial charge in [0.2, 0.25) is 0 Å². The van der Waals surface area contributed by atoms with E-state index < -0.39 is 17.7 Å². The lowest BCUT2D eigenvalue weighted by atomic mass is 10.0. The SMILES string of the molecule is CC(CNCC(=O)c1ccc(Br)cn1)C(C=O)NC(=O)OC(C)(C)C. The van der Waals surface area contributed by atoms with Gasteiger partial charge in [0.25, 0.3) is 0 Å². The van der Waals surface area contributed by atoms with Gasteiger partial charge < -0.3 is 20.2 Å². The molecule has 2 unspecified atom stereocenters. The summed E-state index contributed by atoms with van der Waals surface area (Å²) in [5.41, 5.74) is -0.273. The third-order valence-corrected chi connectivity index (χ3v) is 3.68. The topological polar surface area (TPSA) is 97.4 Å². The Balaban J connectivity index is 2.44. The van der Waals surface area contributed by atoms with Crippen LogP contribution in [0.1, 0.15) is 38.2 Å². The number of ether oxygens (including phenoxy) is 1. The minimum atomic E-state index is -0.705. The first-order chi connectivity index (χ1) is 11.6. The number of Topliss-reactive ketones (excluding diaryl/α,β-unsaturated/α-hetero) is 1. The fourth-order valence-electron chi connectivity index (χ4n) is 1.93. The normalized spacial score (nSPS) is 13.6. The number of pyridine rings is 1. The fraction of sp³-hybridized carbons (Fsp3) is 0.529. The Kier molecular flexibility index (Phi) is 8.18. The van der Waals surface area contributed by atoms with Crippen LogP contribution >= 0.6 is 15.9 Å². The first kappa shape index (κ1) is 21.2. The molecule has 0 radical (unpaired) electrons. The van der Waals surface area contributed by atoms with Gasteiger partial charge in [-0.05, 0) is 54.8 Å². The molecule has 2 N–H and O–H groups in total. The summed E-state index contributed by atoms with van der Waals surface area (Å²) in [6.07, 6.45) is 1.57. The highest BCUT2D eigenvalue weighted by Gasteiger charge is 2.23. The molecule has 0 aromatic carbocycles. The summed E-state index contributed by atoms with van der Waals surface area (Å²) in [6, 6.07) is 2.68. The van der Waals surface area contributed by atoms with Crippen LogP contribution in [-0.2, 0) is 9.53 Å². The van der Waals surface area contributed by atoms with Crippen LogP contribution in [0, 0.1) is 5.92 Å². The van der Waals surface area contributed by atoms with E-state index in [1.54, 1.807) is 46.0 Å². The lowest BCUT2D eigenvalue weighted by Gasteiger charge is -2.24. The maximum Gasteiger partial charge on any atom is 0.408 e. The maximum atomic E-state index is 12.0. The molecule has 0 aliphatic carbocycles. The van der Waals surface area contributed by atoms with Gasteiger partial charge in [0.05, 0.1) is 12.6 Å². The third-order valence-electron chi connectivity index (χ3n) is 3.21. The number of hydrogen-bond acceptors (Lipinski definition) is 6. The van der Waals surface area contributed by atoms with Crippen LogP contribution in [0.3, 0.4) is 0 Å². The maximum absolute atomic E-state index is 12.0. The zero-order valence-electron chi connectivity index (χ0n) is 14.8. The second-order valence-corrected chi connectivity index (χ2v) is 7.62. The highest BCUT2D eigenvalue weighted by molar-refractivity contribution is 9.10. The Labute approximate surface area is 156 Å². The molecule has 1 heterocycles. The molecule has 0 aliphatic heterocycles. The van der Waals surface area contributed by atoms with E-state index in [0.29, 0.717) is 18.5 Å². The standard InChI is InChI=1S/C17H24BrN3O4/c1-11(14(10-22)21-16(24)25-17(2,3)4)7-19-9-15(23)13-6-5-12(18)8-20-13/h5-6,8,10-11,14,19H,7,9H2,1-4H3,(H,21,24). The van der Waals surface area contributed by atoms with Gasteiger partial charge in [0.1, 0.15) is 17.6 Å². The van der Waals surface area contributed by atoms with Crippen LogP contribution in [0.25, 0.3) is 0 Å². The number of carbonyl (C=O) groups excluding carboxylic acids is 3. The zero-order valence-corrected chi connectivity index (χ0v) is 16.4. The molecule has 1 rings (SSSR count). The predicted octanol–water partition coefficient (Wildman–Crippen LogP) is 2.34. The fourth-order valence-corrected chi connectivity index (χ4v) is 2.16. The molecular formula is C17H24BrN3O4. The van der Waals surface area contributed by atoms with Crippen LogP contribution in [0.4, 0.5) is 4.79 Å². The van der Waals surface area contributed by atoms with Crippen molar-refractivity contribution in [3.63, 3.8) is 0 Å². The van der Waals surface area contributed by atoms with Crippen LogP contribution in [0.15, 0.2) is 22.8 Å². The van der Waals surface area contributed by atoms with E-state index in [0.717, 1.165) is 4.47 Å². The summed E-state index contributed by atoms with van der Waals surface area (Å²) in [6.45, 7) is 7.50. The minimum absolute atomic E-state index is 0.0942. The van der Waals surface area contributed by atoms with Crippen LogP contribution < -0.4 is 10.6 Å². The molecule has 8 heteroatoms. The largest absolute Gasteiger partial charge is 0.444 e. The molecule has 138 valence electrons. The summed E-state index contributed by atoms with van der Waals surface area (Å²) >= 11 is 3.26. The van der Waals surface area contributed by atoms with E-state index in [9.17, 15) is 14.4 Å². The molecule has 25 heavy (non-hydrogen) atoms. The van der Waals surface area contributed by atoms with Crippen molar-refractivity contribution in [1.29, 1.82) is 0 Å². The molecule has 1 aromatic rings. The van der Waals surface area contributed by atoms with E-state index in [1.807, 2.05) is 0 Å². The van der Waals surface area contributed by atoms with Gasteiger partial charge in [0.15, 0.2) is 5.78 Å². The number of carbonyl (C=O) groups is 3. The number of nitrogens with one attached hydrogen (secondary N) is 2. The molecular weight excluding hydrogens is 390 g/mol. The molecule has 0 spiro atoms. The van der Waals surface area contributed by atoms with Gasteiger partial charge in [-0.1, -0.05) is 6.92 Å². The second kappa shape index (κ2) is 9.62. The quantitative estimate of drug-likeness (QED) is 0.501. The van der Waals surface area contributed by atoms with Gasteiger partial charge >= 0.3 is 6.09 Å². The summed E-state index contributed by atoms with van der Waals surface area (Å²) < 4.78 is 5.93. The lowest BCUT2D eigenvalue weighted by molar-refractivity contribution is -0.110. The number of rotatable bonds is 8. The van der Waals surface area contributed by atoms with E-state index in [1.165, 1.54) is 0 Å². The van der Waals surface area contributed by atoms with E-state index >= 15 is 0 Å². The van der Waals surface area contributed by atoms with Crippen LogP contribution in [0.2, 0.25) is 0 Å². The van der Waals surface area contributed by atoms with E-state index in [2.05, 4.69) is 31.5 Å².